The van der Waals surface area contributed by atoms with Gasteiger partial charge in [-0.15, -0.1) is 12.4 Å². The fourth-order valence-corrected chi connectivity index (χ4v) is 2.88. The van der Waals surface area contributed by atoms with Gasteiger partial charge in [0.25, 0.3) is 0 Å². The van der Waals surface area contributed by atoms with Crippen LogP contribution >= 0.6 is 12.4 Å². The molecule has 1 N–H and O–H groups in total. The van der Waals surface area contributed by atoms with Crippen molar-refractivity contribution in [1.29, 1.82) is 0 Å². The minimum atomic E-state index is -0.669. The average molecular weight is 314 g/mol. The normalized spacial score (nSPS) is 18.9. The average Bonchev–Trinajstić information content (AvgIpc) is 2.42. The van der Waals surface area contributed by atoms with Crippen molar-refractivity contribution in [2.75, 3.05) is 20.2 Å². The SMILES string of the molecule is COc1cc(C)c(CN2CCCC(C(=O)O)C2)cc1C.Cl. The number of carboxylic acid groups (broad SMARTS) is 1. The molecule has 21 heavy (non-hydrogen) atoms. The van der Waals surface area contributed by atoms with Gasteiger partial charge in [-0.2, -0.15) is 0 Å². The Hall–Kier alpha value is -1.26. The Balaban J connectivity index is 0.00000220. The molecule has 5 heteroatoms. The quantitative estimate of drug-likeness (QED) is 0.928. The number of carbonyl (C=O) groups is 1. The molecule has 1 unspecified atom stereocenters. The number of nitrogens with zero attached hydrogens (tertiary/aromatic N) is 1. The highest BCUT2D eigenvalue weighted by molar-refractivity contribution is 5.85. The Labute approximate surface area is 132 Å². The predicted molar refractivity (Wildman–Crippen MR) is 85.4 cm³/mol. The lowest BCUT2D eigenvalue weighted by atomic mass is 9.97. The lowest BCUT2D eigenvalue weighted by Gasteiger charge is -2.31. The Morgan fingerprint density at radius 1 is 1.38 bits per heavy atom. The van der Waals surface area contributed by atoms with Gasteiger partial charge in [0.15, 0.2) is 0 Å². The zero-order chi connectivity index (χ0) is 14.7. The molecule has 1 saturated heterocycles. The van der Waals surface area contributed by atoms with Gasteiger partial charge in [0.1, 0.15) is 5.75 Å². The number of hydrogen-bond donors (Lipinski definition) is 1. The van der Waals surface area contributed by atoms with Crippen LogP contribution in [0.3, 0.4) is 0 Å². The van der Waals surface area contributed by atoms with E-state index in [4.69, 9.17) is 9.84 Å². The van der Waals surface area contributed by atoms with E-state index in [1.807, 2.05) is 6.92 Å². The fraction of sp³-hybridized carbons (Fsp3) is 0.562. The molecule has 2 rings (SSSR count). The number of rotatable bonds is 4. The zero-order valence-corrected chi connectivity index (χ0v) is 13.7. The van der Waals surface area contributed by atoms with Gasteiger partial charge in [0.05, 0.1) is 13.0 Å². The van der Waals surface area contributed by atoms with Crippen LogP contribution < -0.4 is 4.74 Å². The zero-order valence-electron chi connectivity index (χ0n) is 12.9. The largest absolute Gasteiger partial charge is 0.496 e. The monoisotopic (exact) mass is 313 g/mol. The number of methoxy groups -OCH3 is 1. The molecule has 1 aliphatic rings. The standard InChI is InChI=1S/C16H23NO3.ClH/c1-11-8-15(20-3)12(2)7-14(11)10-17-6-4-5-13(9-17)16(18)19;/h7-8,13H,4-6,9-10H2,1-3H3,(H,18,19);1H. The number of ether oxygens (including phenoxy) is 1. The molecule has 0 aliphatic carbocycles. The summed E-state index contributed by atoms with van der Waals surface area (Å²) in [5, 5.41) is 9.15. The molecule has 1 heterocycles. The summed E-state index contributed by atoms with van der Waals surface area (Å²) in [6, 6.07) is 4.21. The van der Waals surface area contributed by atoms with Gasteiger partial charge < -0.3 is 9.84 Å². The van der Waals surface area contributed by atoms with E-state index in [0.29, 0.717) is 6.54 Å². The summed E-state index contributed by atoms with van der Waals surface area (Å²) < 4.78 is 5.33. The van der Waals surface area contributed by atoms with Crippen LogP contribution in [0.15, 0.2) is 12.1 Å². The molecule has 118 valence electrons. The Kier molecular flexibility index (Phi) is 6.49. The van der Waals surface area contributed by atoms with Gasteiger partial charge in [-0.05, 0) is 56.0 Å². The van der Waals surface area contributed by atoms with Crippen molar-refractivity contribution in [2.45, 2.75) is 33.2 Å². The van der Waals surface area contributed by atoms with Crippen LogP contribution in [0.5, 0.6) is 5.75 Å². The van der Waals surface area contributed by atoms with Gasteiger partial charge in [0, 0.05) is 13.1 Å². The number of piperidine rings is 1. The first kappa shape index (κ1) is 17.8. The Bertz CT molecular complexity index is 505. The minimum absolute atomic E-state index is 0. The first-order valence-electron chi connectivity index (χ1n) is 7.10. The van der Waals surface area contributed by atoms with Crippen LogP contribution in [0, 0.1) is 19.8 Å². The second-order valence-electron chi connectivity index (χ2n) is 5.66. The topological polar surface area (TPSA) is 49.8 Å². The summed E-state index contributed by atoms with van der Waals surface area (Å²) >= 11 is 0. The van der Waals surface area contributed by atoms with E-state index in [1.165, 1.54) is 11.1 Å². The summed E-state index contributed by atoms with van der Waals surface area (Å²) in [6.07, 6.45) is 1.76. The van der Waals surface area contributed by atoms with Crippen molar-refractivity contribution in [3.63, 3.8) is 0 Å². The van der Waals surface area contributed by atoms with E-state index >= 15 is 0 Å². The van der Waals surface area contributed by atoms with Gasteiger partial charge in [-0.1, -0.05) is 6.07 Å². The van der Waals surface area contributed by atoms with Gasteiger partial charge in [-0.25, -0.2) is 0 Å². The first-order chi connectivity index (χ1) is 9.51. The molecule has 1 atom stereocenters. The lowest BCUT2D eigenvalue weighted by molar-refractivity contribution is -0.143. The molecule has 1 aromatic carbocycles. The highest BCUT2D eigenvalue weighted by Gasteiger charge is 2.25. The molecule has 0 amide bonds. The molecule has 1 fully saturated rings. The van der Waals surface area contributed by atoms with Gasteiger partial charge >= 0.3 is 5.97 Å². The summed E-state index contributed by atoms with van der Waals surface area (Å²) in [6.45, 7) is 6.57. The molecule has 1 aromatic rings. The van der Waals surface area contributed by atoms with Crippen molar-refractivity contribution in [3.05, 3.63) is 28.8 Å². The maximum Gasteiger partial charge on any atom is 0.307 e. The van der Waals surface area contributed by atoms with Crippen LogP contribution in [-0.4, -0.2) is 36.2 Å². The van der Waals surface area contributed by atoms with Crippen LogP contribution in [0.25, 0.3) is 0 Å². The van der Waals surface area contributed by atoms with Crippen molar-refractivity contribution >= 4 is 18.4 Å². The van der Waals surface area contributed by atoms with E-state index in [-0.39, 0.29) is 18.3 Å². The molecule has 4 nitrogen and oxygen atoms in total. The predicted octanol–water partition coefficient (Wildman–Crippen LogP) is 3.03. The van der Waals surface area contributed by atoms with E-state index < -0.39 is 5.97 Å². The highest BCUT2D eigenvalue weighted by atomic mass is 35.5. The molecule has 0 saturated carbocycles. The van der Waals surface area contributed by atoms with Gasteiger partial charge in [-0.3, -0.25) is 9.69 Å². The third kappa shape index (κ3) is 4.35. The third-order valence-electron chi connectivity index (χ3n) is 4.10. The highest BCUT2D eigenvalue weighted by Crippen LogP contribution is 2.25. The lowest BCUT2D eigenvalue weighted by Crippen LogP contribution is -2.38. The number of likely N-dealkylation sites (tertiary alicyclic amines) is 1. The summed E-state index contributed by atoms with van der Waals surface area (Å²) in [4.78, 5) is 13.4. The number of halogens is 1. The Morgan fingerprint density at radius 2 is 2.10 bits per heavy atom. The van der Waals surface area contributed by atoms with Gasteiger partial charge in [0.2, 0.25) is 0 Å². The smallest absolute Gasteiger partial charge is 0.307 e. The van der Waals surface area contributed by atoms with Crippen molar-refractivity contribution in [1.82, 2.24) is 4.90 Å². The summed E-state index contributed by atoms with van der Waals surface area (Å²) in [5.74, 6) is 0.0223. The number of hydrogen-bond acceptors (Lipinski definition) is 3. The maximum absolute atomic E-state index is 11.1. The van der Waals surface area contributed by atoms with E-state index in [1.54, 1.807) is 7.11 Å². The minimum Gasteiger partial charge on any atom is -0.496 e. The molecular weight excluding hydrogens is 290 g/mol. The summed E-state index contributed by atoms with van der Waals surface area (Å²) in [7, 11) is 1.68. The van der Waals surface area contributed by atoms with Crippen LogP contribution in [0.2, 0.25) is 0 Å². The second-order valence-corrected chi connectivity index (χ2v) is 5.66. The number of aryl methyl sites for hydroxylation is 2. The molecule has 0 spiro atoms. The molecular formula is C16H24ClNO3. The molecule has 0 aromatic heterocycles. The molecule has 0 radical (unpaired) electrons. The van der Waals surface area contributed by atoms with Crippen molar-refractivity contribution in [2.24, 2.45) is 5.92 Å². The van der Waals surface area contributed by atoms with E-state index in [0.717, 1.165) is 37.2 Å². The van der Waals surface area contributed by atoms with E-state index in [2.05, 4.69) is 24.0 Å². The maximum atomic E-state index is 11.1. The van der Waals surface area contributed by atoms with E-state index in [9.17, 15) is 4.79 Å². The number of benzene rings is 1. The molecule has 1 aliphatic heterocycles. The van der Waals surface area contributed by atoms with Crippen molar-refractivity contribution in [3.8, 4) is 5.75 Å². The fourth-order valence-electron chi connectivity index (χ4n) is 2.88. The van der Waals surface area contributed by atoms with Crippen LogP contribution in [0.1, 0.15) is 29.5 Å². The van der Waals surface area contributed by atoms with Crippen LogP contribution in [-0.2, 0) is 11.3 Å². The Morgan fingerprint density at radius 3 is 2.71 bits per heavy atom. The second kappa shape index (κ2) is 7.66. The summed E-state index contributed by atoms with van der Waals surface area (Å²) in [5.41, 5.74) is 3.58. The molecule has 0 bridgehead atoms. The first-order valence-corrected chi connectivity index (χ1v) is 7.10. The third-order valence-corrected chi connectivity index (χ3v) is 4.10. The number of carboxylic acids is 1. The van der Waals surface area contributed by atoms with Crippen LogP contribution in [0.4, 0.5) is 0 Å². The van der Waals surface area contributed by atoms with Crippen molar-refractivity contribution < 1.29 is 14.6 Å². The number of aliphatic carboxylic acids is 1.